The van der Waals surface area contributed by atoms with Gasteiger partial charge in [-0.2, -0.15) is 0 Å². The molecule has 1 fully saturated rings. The predicted octanol–water partition coefficient (Wildman–Crippen LogP) is 1.39. The van der Waals surface area contributed by atoms with E-state index in [-0.39, 0.29) is 17.5 Å². The van der Waals surface area contributed by atoms with Gasteiger partial charge in [-0.15, -0.1) is 0 Å². The molecule has 1 amide bonds. The first-order valence-electron chi connectivity index (χ1n) is 5.89. The number of carbonyl (C=O) groups excluding carboxylic acids is 1. The van der Waals surface area contributed by atoms with Gasteiger partial charge in [0, 0.05) is 24.8 Å². The Bertz CT molecular complexity index is 461. The Hall–Kier alpha value is -1.82. The lowest BCUT2D eigenvalue weighted by Gasteiger charge is -2.21. The van der Waals surface area contributed by atoms with E-state index < -0.39 is 5.97 Å². The third-order valence-corrected chi connectivity index (χ3v) is 3.02. The molecule has 1 aromatic heterocycles. The summed E-state index contributed by atoms with van der Waals surface area (Å²) in [6.07, 6.45) is 1.36. The molecule has 18 heavy (non-hydrogen) atoms. The number of nitrogens with one attached hydrogen (secondary N) is 2. The fraction of sp³-hybridized carbons (Fsp3) is 0.500. The smallest absolute Gasteiger partial charge is 0.354 e. The maximum atomic E-state index is 12.0. The molecular weight excluding hydrogens is 236 g/mol. The summed E-state index contributed by atoms with van der Waals surface area (Å²) in [6, 6.07) is 1.63. The summed E-state index contributed by atoms with van der Waals surface area (Å²) in [6.45, 7) is 2.91. The maximum absolute atomic E-state index is 12.0. The van der Waals surface area contributed by atoms with Crippen molar-refractivity contribution >= 4 is 17.6 Å². The normalized spacial score (nSPS) is 16.5. The van der Waals surface area contributed by atoms with Crippen LogP contribution in [0.2, 0.25) is 0 Å². The second-order valence-corrected chi connectivity index (χ2v) is 4.42. The highest BCUT2D eigenvalue weighted by Gasteiger charge is 2.23. The van der Waals surface area contributed by atoms with E-state index in [0.29, 0.717) is 37.4 Å². The van der Waals surface area contributed by atoms with Gasteiger partial charge in [0.05, 0.1) is 5.69 Å². The topological polar surface area (TPSA) is 91.4 Å². The number of aromatic carboxylic acids is 1. The van der Waals surface area contributed by atoms with Crippen molar-refractivity contribution in [2.24, 2.45) is 5.92 Å². The number of hydrogen-bond acceptors (Lipinski definition) is 3. The van der Waals surface area contributed by atoms with Gasteiger partial charge in [0.15, 0.2) is 0 Å². The molecule has 1 aliphatic rings. The van der Waals surface area contributed by atoms with E-state index >= 15 is 0 Å². The van der Waals surface area contributed by atoms with E-state index in [9.17, 15) is 9.59 Å². The van der Waals surface area contributed by atoms with Gasteiger partial charge in [-0.1, -0.05) is 0 Å². The molecule has 0 aromatic carbocycles. The van der Waals surface area contributed by atoms with Crippen LogP contribution in [0, 0.1) is 12.8 Å². The van der Waals surface area contributed by atoms with Crippen molar-refractivity contribution in [2.75, 3.05) is 18.5 Å². The summed E-state index contributed by atoms with van der Waals surface area (Å²) in [4.78, 5) is 25.7. The van der Waals surface area contributed by atoms with E-state index in [0.717, 1.165) is 0 Å². The third kappa shape index (κ3) is 2.70. The molecule has 0 bridgehead atoms. The summed E-state index contributed by atoms with van der Waals surface area (Å²) in [5, 5.41) is 11.7. The van der Waals surface area contributed by atoms with Crippen molar-refractivity contribution in [3.63, 3.8) is 0 Å². The molecule has 1 aromatic rings. The molecule has 2 heterocycles. The molecule has 0 spiro atoms. The van der Waals surface area contributed by atoms with Gasteiger partial charge in [-0.3, -0.25) is 4.79 Å². The standard InChI is InChI=1S/C12H16N2O4/c1-7-6-9(10(13-7)12(16)17)14-11(15)8-2-4-18-5-3-8/h6,8,13H,2-5H2,1H3,(H,14,15)(H,16,17). The SMILES string of the molecule is Cc1cc(NC(=O)C2CCOCC2)c(C(=O)O)[nH]1. The Morgan fingerprint density at radius 3 is 2.72 bits per heavy atom. The summed E-state index contributed by atoms with van der Waals surface area (Å²) >= 11 is 0. The van der Waals surface area contributed by atoms with Gasteiger partial charge in [-0.25, -0.2) is 4.79 Å². The molecule has 98 valence electrons. The summed E-state index contributed by atoms with van der Waals surface area (Å²) in [7, 11) is 0. The highest BCUT2D eigenvalue weighted by Crippen LogP contribution is 2.21. The van der Waals surface area contributed by atoms with Crippen molar-refractivity contribution < 1.29 is 19.4 Å². The van der Waals surface area contributed by atoms with Gasteiger partial charge in [-0.05, 0) is 25.8 Å². The fourth-order valence-electron chi connectivity index (χ4n) is 2.05. The molecule has 1 saturated heterocycles. The number of amides is 1. The summed E-state index contributed by atoms with van der Waals surface area (Å²) < 4.78 is 5.19. The lowest BCUT2D eigenvalue weighted by molar-refractivity contribution is -0.122. The molecule has 6 nitrogen and oxygen atoms in total. The number of H-pyrrole nitrogens is 1. The fourth-order valence-corrected chi connectivity index (χ4v) is 2.05. The van der Waals surface area contributed by atoms with Crippen LogP contribution in [0.5, 0.6) is 0 Å². The van der Waals surface area contributed by atoms with Crippen LogP contribution in [0.15, 0.2) is 6.07 Å². The zero-order valence-corrected chi connectivity index (χ0v) is 10.2. The number of ether oxygens (including phenoxy) is 1. The Kier molecular flexibility index (Phi) is 3.66. The van der Waals surface area contributed by atoms with E-state index in [1.165, 1.54) is 0 Å². The predicted molar refractivity (Wildman–Crippen MR) is 64.7 cm³/mol. The Morgan fingerprint density at radius 1 is 1.44 bits per heavy atom. The molecule has 3 N–H and O–H groups in total. The first-order valence-corrected chi connectivity index (χ1v) is 5.89. The second-order valence-electron chi connectivity index (χ2n) is 4.42. The molecule has 0 unspecified atom stereocenters. The molecule has 0 radical (unpaired) electrons. The second kappa shape index (κ2) is 5.22. The third-order valence-electron chi connectivity index (χ3n) is 3.02. The van der Waals surface area contributed by atoms with Crippen LogP contribution in [-0.4, -0.2) is 35.2 Å². The highest BCUT2D eigenvalue weighted by atomic mass is 16.5. The Balaban J connectivity index is 2.08. The minimum Gasteiger partial charge on any atom is -0.477 e. The first kappa shape index (κ1) is 12.6. The zero-order valence-electron chi connectivity index (χ0n) is 10.2. The highest BCUT2D eigenvalue weighted by molar-refractivity contribution is 6.00. The van der Waals surface area contributed by atoms with Crippen molar-refractivity contribution in [1.29, 1.82) is 0 Å². The minimum atomic E-state index is -1.08. The van der Waals surface area contributed by atoms with E-state index in [1.807, 2.05) is 0 Å². The first-order chi connectivity index (χ1) is 8.58. The van der Waals surface area contributed by atoms with Crippen molar-refractivity contribution in [3.05, 3.63) is 17.5 Å². The van der Waals surface area contributed by atoms with Gasteiger partial charge in [0.1, 0.15) is 5.69 Å². The van der Waals surface area contributed by atoms with Crippen LogP contribution in [0.4, 0.5) is 5.69 Å². The van der Waals surface area contributed by atoms with Gasteiger partial charge < -0.3 is 20.1 Å². The number of carboxylic acids is 1. The van der Waals surface area contributed by atoms with E-state index in [4.69, 9.17) is 9.84 Å². The summed E-state index contributed by atoms with van der Waals surface area (Å²) in [5.41, 5.74) is 1.05. The van der Waals surface area contributed by atoms with E-state index in [1.54, 1.807) is 13.0 Å². The number of carbonyl (C=O) groups is 2. The van der Waals surface area contributed by atoms with Crippen LogP contribution in [0.25, 0.3) is 0 Å². The van der Waals surface area contributed by atoms with Gasteiger partial charge >= 0.3 is 5.97 Å². The average molecular weight is 252 g/mol. The van der Waals surface area contributed by atoms with Crippen LogP contribution in [0.3, 0.4) is 0 Å². The van der Waals surface area contributed by atoms with Crippen LogP contribution < -0.4 is 5.32 Å². The monoisotopic (exact) mass is 252 g/mol. The number of rotatable bonds is 3. The Labute approximate surface area is 104 Å². The molecule has 2 rings (SSSR count). The van der Waals surface area contributed by atoms with E-state index in [2.05, 4.69) is 10.3 Å². The number of carboxylic acid groups (broad SMARTS) is 1. The number of aromatic amines is 1. The number of anilines is 1. The van der Waals surface area contributed by atoms with Gasteiger partial charge in [0.2, 0.25) is 5.91 Å². The molecule has 0 atom stereocenters. The average Bonchev–Trinajstić information content (AvgIpc) is 2.71. The minimum absolute atomic E-state index is 0.0212. The lowest BCUT2D eigenvalue weighted by atomic mass is 9.99. The number of aromatic nitrogens is 1. The lowest BCUT2D eigenvalue weighted by Crippen LogP contribution is -2.28. The van der Waals surface area contributed by atoms with Crippen molar-refractivity contribution in [1.82, 2.24) is 4.98 Å². The molecule has 0 aliphatic carbocycles. The maximum Gasteiger partial charge on any atom is 0.354 e. The Morgan fingerprint density at radius 2 is 2.11 bits per heavy atom. The molecule has 6 heteroatoms. The number of hydrogen-bond donors (Lipinski definition) is 3. The van der Waals surface area contributed by atoms with Crippen LogP contribution in [-0.2, 0) is 9.53 Å². The van der Waals surface area contributed by atoms with Crippen molar-refractivity contribution in [2.45, 2.75) is 19.8 Å². The van der Waals surface area contributed by atoms with Crippen LogP contribution in [0.1, 0.15) is 29.0 Å². The van der Waals surface area contributed by atoms with Crippen LogP contribution >= 0.6 is 0 Å². The molecule has 0 saturated carbocycles. The van der Waals surface area contributed by atoms with Gasteiger partial charge in [0.25, 0.3) is 0 Å². The quantitative estimate of drug-likeness (QED) is 0.758. The summed E-state index contributed by atoms with van der Waals surface area (Å²) in [5.74, 6) is -1.32. The largest absolute Gasteiger partial charge is 0.477 e. The molecule has 1 aliphatic heterocycles. The number of aryl methyl sites for hydroxylation is 1. The molecular formula is C12H16N2O4. The zero-order chi connectivity index (χ0) is 13.1. The van der Waals surface area contributed by atoms with Crippen molar-refractivity contribution in [3.8, 4) is 0 Å².